The third-order valence-electron chi connectivity index (χ3n) is 3.86. The third kappa shape index (κ3) is 2.68. The van der Waals surface area contributed by atoms with Crippen LogP contribution in [0.2, 0.25) is 0 Å². The highest BCUT2D eigenvalue weighted by Crippen LogP contribution is 2.40. The minimum atomic E-state index is -0.599. The van der Waals surface area contributed by atoms with Gasteiger partial charge >= 0.3 is 0 Å². The number of halogens is 1. The van der Waals surface area contributed by atoms with Crippen molar-refractivity contribution in [3.63, 3.8) is 0 Å². The SMILES string of the molecule is Cc1csc(C2(NC(=O)c3ccncc3F)CCCC2)n1. The second-order valence-electron chi connectivity index (χ2n) is 5.39. The van der Waals surface area contributed by atoms with Crippen LogP contribution in [0.4, 0.5) is 4.39 Å². The van der Waals surface area contributed by atoms with Crippen LogP contribution in [-0.4, -0.2) is 15.9 Å². The predicted octanol–water partition coefficient (Wildman–Crippen LogP) is 3.18. The van der Waals surface area contributed by atoms with Crippen molar-refractivity contribution >= 4 is 17.2 Å². The first-order chi connectivity index (χ1) is 10.1. The molecule has 1 fully saturated rings. The Hall–Kier alpha value is -1.82. The number of aromatic nitrogens is 2. The Morgan fingerprint density at radius 2 is 2.19 bits per heavy atom. The molecule has 0 aliphatic heterocycles. The summed E-state index contributed by atoms with van der Waals surface area (Å²) in [5, 5.41) is 5.92. The molecule has 0 saturated heterocycles. The van der Waals surface area contributed by atoms with Crippen LogP contribution < -0.4 is 5.32 Å². The van der Waals surface area contributed by atoms with Gasteiger partial charge in [0.1, 0.15) is 5.01 Å². The molecule has 0 spiro atoms. The van der Waals surface area contributed by atoms with Crippen molar-refractivity contribution < 1.29 is 9.18 Å². The van der Waals surface area contributed by atoms with Gasteiger partial charge in [-0.15, -0.1) is 11.3 Å². The number of rotatable bonds is 3. The van der Waals surface area contributed by atoms with Gasteiger partial charge in [-0.05, 0) is 25.8 Å². The molecule has 21 heavy (non-hydrogen) atoms. The smallest absolute Gasteiger partial charge is 0.255 e. The van der Waals surface area contributed by atoms with Gasteiger partial charge in [-0.25, -0.2) is 9.37 Å². The van der Waals surface area contributed by atoms with Gasteiger partial charge in [0.25, 0.3) is 5.91 Å². The Kier molecular flexibility index (Phi) is 3.71. The number of amides is 1. The zero-order valence-corrected chi connectivity index (χ0v) is 12.5. The van der Waals surface area contributed by atoms with Gasteiger partial charge in [0.2, 0.25) is 0 Å². The van der Waals surface area contributed by atoms with Crippen LogP contribution in [0.1, 0.15) is 46.7 Å². The fourth-order valence-corrected chi connectivity index (χ4v) is 3.80. The molecule has 0 aromatic carbocycles. The normalized spacial score (nSPS) is 16.9. The lowest BCUT2D eigenvalue weighted by molar-refractivity contribution is 0.0893. The van der Waals surface area contributed by atoms with Crippen LogP contribution in [0.3, 0.4) is 0 Å². The number of nitrogens with one attached hydrogen (secondary N) is 1. The maximum atomic E-state index is 13.7. The summed E-state index contributed by atoms with van der Waals surface area (Å²) in [6.07, 6.45) is 6.25. The molecule has 1 amide bonds. The molecule has 0 unspecified atom stereocenters. The fraction of sp³-hybridized carbons (Fsp3) is 0.400. The van der Waals surface area contributed by atoms with Crippen molar-refractivity contribution in [2.75, 3.05) is 0 Å². The molecule has 3 rings (SSSR count). The molecule has 4 nitrogen and oxygen atoms in total. The Balaban J connectivity index is 1.90. The minimum Gasteiger partial charge on any atom is -0.340 e. The van der Waals surface area contributed by atoms with E-state index in [2.05, 4.69) is 15.3 Å². The quantitative estimate of drug-likeness (QED) is 0.947. The number of hydrogen-bond donors (Lipinski definition) is 1. The lowest BCUT2D eigenvalue weighted by atomic mass is 9.97. The minimum absolute atomic E-state index is 0.0320. The van der Waals surface area contributed by atoms with Gasteiger partial charge in [0.15, 0.2) is 5.82 Å². The molecule has 1 saturated carbocycles. The molecule has 0 atom stereocenters. The van der Waals surface area contributed by atoms with E-state index in [0.717, 1.165) is 42.6 Å². The summed E-state index contributed by atoms with van der Waals surface area (Å²) >= 11 is 1.56. The van der Waals surface area contributed by atoms with Gasteiger partial charge in [0.05, 0.1) is 17.3 Å². The summed E-state index contributed by atoms with van der Waals surface area (Å²) in [5.74, 6) is -0.997. The maximum Gasteiger partial charge on any atom is 0.255 e. The van der Waals surface area contributed by atoms with E-state index in [1.54, 1.807) is 11.3 Å². The van der Waals surface area contributed by atoms with Gasteiger partial charge in [-0.2, -0.15) is 0 Å². The average molecular weight is 305 g/mol. The molecule has 0 bridgehead atoms. The van der Waals surface area contributed by atoms with Crippen molar-refractivity contribution in [3.05, 3.63) is 45.9 Å². The second kappa shape index (κ2) is 5.52. The molecule has 2 aromatic rings. The molecular formula is C15H16FN3OS. The second-order valence-corrected chi connectivity index (χ2v) is 6.25. The van der Waals surface area contributed by atoms with E-state index < -0.39 is 17.3 Å². The molecular weight excluding hydrogens is 289 g/mol. The number of hydrogen-bond acceptors (Lipinski definition) is 4. The predicted molar refractivity (Wildman–Crippen MR) is 78.7 cm³/mol. The summed E-state index contributed by atoms with van der Waals surface area (Å²) in [6, 6.07) is 1.40. The highest BCUT2D eigenvalue weighted by atomic mass is 32.1. The van der Waals surface area contributed by atoms with Crippen molar-refractivity contribution in [1.29, 1.82) is 0 Å². The van der Waals surface area contributed by atoms with Crippen LogP contribution in [0.5, 0.6) is 0 Å². The highest BCUT2D eigenvalue weighted by molar-refractivity contribution is 7.09. The van der Waals surface area contributed by atoms with E-state index in [9.17, 15) is 9.18 Å². The number of carbonyl (C=O) groups is 1. The van der Waals surface area contributed by atoms with Gasteiger partial charge in [-0.3, -0.25) is 9.78 Å². The lowest BCUT2D eigenvalue weighted by Gasteiger charge is -2.28. The van der Waals surface area contributed by atoms with Gasteiger partial charge in [-0.1, -0.05) is 12.8 Å². The van der Waals surface area contributed by atoms with Crippen molar-refractivity contribution in [1.82, 2.24) is 15.3 Å². The van der Waals surface area contributed by atoms with E-state index in [1.807, 2.05) is 12.3 Å². The highest BCUT2D eigenvalue weighted by Gasteiger charge is 2.40. The molecule has 1 aliphatic rings. The summed E-state index contributed by atoms with van der Waals surface area (Å²) in [4.78, 5) is 20.6. The summed E-state index contributed by atoms with van der Waals surface area (Å²) in [6.45, 7) is 1.94. The zero-order valence-electron chi connectivity index (χ0n) is 11.7. The Labute approximate surface area is 126 Å². The standard InChI is InChI=1S/C15H16FN3OS/c1-10-9-21-14(18-10)15(5-2-3-6-15)19-13(20)11-4-7-17-8-12(11)16/h4,7-9H,2-3,5-6H2,1H3,(H,19,20). The molecule has 110 valence electrons. The first-order valence-corrected chi connectivity index (χ1v) is 7.83. The van der Waals surface area contributed by atoms with Gasteiger partial charge < -0.3 is 5.32 Å². The summed E-state index contributed by atoms with van der Waals surface area (Å²) in [7, 11) is 0. The van der Waals surface area contributed by atoms with E-state index in [-0.39, 0.29) is 5.56 Å². The number of nitrogens with zero attached hydrogens (tertiary/aromatic N) is 2. The van der Waals surface area contributed by atoms with E-state index >= 15 is 0 Å². The van der Waals surface area contributed by atoms with E-state index in [1.165, 1.54) is 12.3 Å². The molecule has 1 aliphatic carbocycles. The van der Waals surface area contributed by atoms with Crippen molar-refractivity contribution in [2.45, 2.75) is 38.1 Å². The van der Waals surface area contributed by atoms with Crippen LogP contribution in [0.25, 0.3) is 0 Å². The fourth-order valence-electron chi connectivity index (χ4n) is 2.79. The molecule has 1 N–H and O–H groups in total. The first kappa shape index (κ1) is 14.1. The van der Waals surface area contributed by atoms with E-state index in [4.69, 9.17) is 0 Å². The lowest BCUT2D eigenvalue weighted by Crippen LogP contribution is -2.44. The number of aryl methyl sites for hydroxylation is 1. The van der Waals surface area contributed by atoms with Crippen molar-refractivity contribution in [2.24, 2.45) is 0 Å². The Bertz CT molecular complexity index is 664. The monoisotopic (exact) mass is 305 g/mol. The van der Waals surface area contributed by atoms with Gasteiger partial charge in [0, 0.05) is 17.3 Å². The Morgan fingerprint density at radius 1 is 1.43 bits per heavy atom. The first-order valence-electron chi connectivity index (χ1n) is 6.95. The van der Waals surface area contributed by atoms with Crippen LogP contribution in [0.15, 0.2) is 23.8 Å². The van der Waals surface area contributed by atoms with Crippen LogP contribution >= 0.6 is 11.3 Å². The van der Waals surface area contributed by atoms with E-state index in [0.29, 0.717) is 0 Å². The molecule has 2 aromatic heterocycles. The Morgan fingerprint density at radius 3 is 2.81 bits per heavy atom. The summed E-state index contributed by atoms with van der Waals surface area (Å²) < 4.78 is 13.7. The third-order valence-corrected chi connectivity index (χ3v) is 5.02. The number of carbonyl (C=O) groups excluding carboxylic acids is 1. The topological polar surface area (TPSA) is 54.9 Å². The molecule has 0 radical (unpaired) electrons. The van der Waals surface area contributed by atoms with Crippen LogP contribution in [-0.2, 0) is 5.54 Å². The van der Waals surface area contributed by atoms with Crippen LogP contribution in [0, 0.1) is 12.7 Å². The zero-order chi connectivity index (χ0) is 14.9. The largest absolute Gasteiger partial charge is 0.340 e. The average Bonchev–Trinajstić information content (AvgIpc) is 3.09. The summed E-state index contributed by atoms with van der Waals surface area (Å²) in [5.41, 5.74) is 0.529. The van der Waals surface area contributed by atoms with Crippen molar-refractivity contribution in [3.8, 4) is 0 Å². The maximum absolute atomic E-state index is 13.7. The number of thiazole rings is 1. The number of pyridine rings is 1. The molecule has 2 heterocycles. The molecule has 6 heteroatoms.